The second kappa shape index (κ2) is 8.42. The predicted molar refractivity (Wildman–Crippen MR) is 123 cm³/mol. The molecule has 2 aromatic heterocycles. The lowest BCUT2D eigenvalue weighted by Gasteiger charge is -2.35. The van der Waals surface area contributed by atoms with Crippen LogP contribution in [0.5, 0.6) is 0 Å². The van der Waals surface area contributed by atoms with Gasteiger partial charge in [-0.15, -0.1) is 10.2 Å². The molecule has 0 aliphatic carbocycles. The van der Waals surface area contributed by atoms with Gasteiger partial charge in [0.2, 0.25) is 5.91 Å². The summed E-state index contributed by atoms with van der Waals surface area (Å²) >= 11 is 0. The number of aromatic nitrogens is 3. The van der Waals surface area contributed by atoms with Crippen molar-refractivity contribution in [3.8, 4) is 11.3 Å². The van der Waals surface area contributed by atoms with Crippen LogP contribution in [0.1, 0.15) is 16.8 Å². The highest BCUT2D eigenvalue weighted by Gasteiger charge is 2.24. The molecule has 1 saturated heterocycles. The third-order valence-electron chi connectivity index (χ3n) is 5.97. The van der Waals surface area contributed by atoms with E-state index in [1.807, 2.05) is 67.3 Å². The van der Waals surface area contributed by atoms with Gasteiger partial charge >= 0.3 is 0 Å². The molecule has 0 radical (unpaired) electrons. The van der Waals surface area contributed by atoms with E-state index in [4.69, 9.17) is 4.52 Å². The lowest BCUT2D eigenvalue weighted by molar-refractivity contribution is -0.130. The van der Waals surface area contributed by atoms with Gasteiger partial charge in [-0.05, 0) is 43.2 Å². The molecular formula is C25H25N5O2. The van der Waals surface area contributed by atoms with Crippen LogP contribution < -0.4 is 4.90 Å². The normalized spacial score (nSPS) is 14.2. The number of carbonyl (C=O) groups is 1. The number of aryl methyl sites for hydroxylation is 2. The minimum Gasteiger partial charge on any atom is -0.356 e. The summed E-state index contributed by atoms with van der Waals surface area (Å²) in [4.78, 5) is 17.0. The molecule has 0 atom stereocenters. The highest BCUT2D eigenvalue weighted by Crippen LogP contribution is 2.25. The van der Waals surface area contributed by atoms with Gasteiger partial charge in [0.15, 0.2) is 11.4 Å². The highest BCUT2D eigenvalue weighted by molar-refractivity contribution is 5.88. The van der Waals surface area contributed by atoms with Crippen molar-refractivity contribution in [1.29, 1.82) is 0 Å². The number of hydrogen-bond donors (Lipinski definition) is 0. The van der Waals surface area contributed by atoms with E-state index in [2.05, 4.69) is 26.3 Å². The molecule has 0 unspecified atom stereocenters. The molecule has 162 valence electrons. The lowest BCUT2D eigenvalue weighted by atomic mass is 10.1. The van der Waals surface area contributed by atoms with Gasteiger partial charge in [0.1, 0.15) is 5.69 Å². The van der Waals surface area contributed by atoms with Gasteiger partial charge in [-0.3, -0.25) is 4.79 Å². The predicted octanol–water partition coefficient (Wildman–Crippen LogP) is 3.79. The molecule has 0 bridgehead atoms. The number of hydrogen-bond acceptors (Lipinski definition) is 6. The minimum atomic E-state index is 0.0736. The first-order chi connectivity index (χ1) is 15.6. The summed E-state index contributed by atoms with van der Waals surface area (Å²) in [6, 6.07) is 18.1. The Bertz CT molecular complexity index is 1240. The summed E-state index contributed by atoms with van der Waals surface area (Å²) in [5, 5.41) is 13.9. The average Bonchev–Trinajstić information content (AvgIpc) is 3.22. The molecule has 1 aliphatic heterocycles. The second-order valence-corrected chi connectivity index (χ2v) is 8.28. The number of piperazine rings is 1. The second-order valence-electron chi connectivity index (χ2n) is 8.28. The van der Waals surface area contributed by atoms with E-state index in [0.29, 0.717) is 18.8 Å². The molecule has 0 N–H and O–H groups in total. The molecule has 1 amide bonds. The Hall–Kier alpha value is -3.74. The van der Waals surface area contributed by atoms with E-state index in [1.165, 1.54) is 0 Å². The smallest absolute Gasteiger partial charge is 0.228 e. The molecule has 0 saturated carbocycles. The number of anilines is 1. The van der Waals surface area contributed by atoms with Crippen LogP contribution in [0.25, 0.3) is 22.2 Å². The summed E-state index contributed by atoms with van der Waals surface area (Å²) in [6.45, 7) is 6.79. The van der Waals surface area contributed by atoms with Gasteiger partial charge in [-0.2, -0.15) is 0 Å². The lowest BCUT2D eigenvalue weighted by Crippen LogP contribution is -2.49. The van der Waals surface area contributed by atoms with E-state index < -0.39 is 0 Å². The van der Waals surface area contributed by atoms with E-state index in [0.717, 1.165) is 52.3 Å². The maximum absolute atomic E-state index is 12.9. The maximum atomic E-state index is 12.9. The van der Waals surface area contributed by atoms with Gasteiger partial charge in [0.25, 0.3) is 0 Å². The third-order valence-corrected chi connectivity index (χ3v) is 5.97. The standard InChI is InChI=1S/C25H25N5O2/c1-17-14-18(2)25-20(15-17)22(28-32-25)16-24(31)30-12-10-29(11-13-30)23-9-8-21(26-27-23)19-6-4-3-5-7-19/h3-9,14-15H,10-13,16H2,1-2H3. The van der Waals surface area contributed by atoms with Gasteiger partial charge in [0.05, 0.1) is 12.1 Å². The molecule has 2 aromatic carbocycles. The minimum absolute atomic E-state index is 0.0736. The van der Waals surface area contributed by atoms with Gasteiger partial charge in [-0.25, -0.2) is 0 Å². The van der Waals surface area contributed by atoms with E-state index in [-0.39, 0.29) is 12.3 Å². The van der Waals surface area contributed by atoms with Gasteiger partial charge in [-0.1, -0.05) is 41.6 Å². The Morgan fingerprint density at radius 1 is 0.969 bits per heavy atom. The van der Waals surface area contributed by atoms with Crippen LogP contribution in [0.15, 0.2) is 59.1 Å². The molecule has 5 rings (SSSR count). The Morgan fingerprint density at radius 3 is 2.47 bits per heavy atom. The Morgan fingerprint density at radius 2 is 1.75 bits per heavy atom. The van der Waals surface area contributed by atoms with Crippen LogP contribution in [-0.4, -0.2) is 52.3 Å². The first-order valence-corrected chi connectivity index (χ1v) is 10.9. The molecule has 7 heteroatoms. The molecule has 4 aromatic rings. The van der Waals surface area contributed by atoms with Crippen molar-refractivity contribution in [3.63, 3.8) is 0 Å². The first-order valence-electron chi connectivity index (χ1n) is 10.9. The fourth-order valence-corrected chi connectivity index (χ4v) is 4.26. The Kier molecular flexibility index (Phi) is 5.31. The van der Waals surface area contributed by atoms with Crippen molar-refractivity contribution < 1.29 is 9.32 Å². The zero-order valence-corrected chi connectivity index (χ0v) is 18.3. The van der Waals surface area contributed by atoms with Crippen LogP contribution in [0, 0.1) is 13.8 Å². The molecular weight excluding hydrogens is 402 g/mol. The topological polar surface area (TPSA) is 75.4 Å². The zero-order chi connectivity index (χ0) is 22.1. The highest BCUT2D eigenvalue weighted by atomic mass is 16.5. The summed E-state index contributed by atoms with van der Waals surface area (Å²) < 4.78 is 5.50. The Labute approximate surface area is 186 Å². The van der Waals surface area contributed by atoms with E-state index in [1.54, 1.807) is 0 Å². The summed E-state index contributed by atoms with van der Waals surface area (Å²) in [5.41, 5.74) is 5.56. The average molecular weight is 428 g/mol. The Balaban J connectivity index is 1.22. The molecule has 3 heterocycles. The number of nitrogens with zero attached hydrogens (tertiary/aromatic N) is 5. The van der Waals surface area contributed by atoms with Crippen molar-refractivity contribution in [2.24, 2.45) is 0 Å². The molecule has 7 nitrogen and oxygen atoms in total. The quantitative estimate of drug-likeness (QED) is 0.493. The summed E-state index contributed by atoms with van der Waals surface area (Å²) in [7, 11) is 0. The van der Waals surface area contributed by atoms with Crippen LogP contribution in [0.4, 0.5) is 5.82 Å². The van der Waals surface area contributed by atoms with Crippen molar-refractivity contribution in [2.75, 3.05) is 31.1 Å². The van der Waals surface area contributed by atoms with Crippen LogP contribution >= 0.6 is 0 Å². The molecule has 32 heavy (non-hydrogen) atoms. The van der Waals surface area contributed by atoms with E-state index >= 15 is 0 Å². The maximum Gasteiger partial charge on any atom is 0.228 e. The number of rotatable bonds is 4. The summed E-state index contributed by atoms with van der Waals surface area (Å²) in [6.07, 6.45) is 0.251. The van der Waals surface area contributed by atoms with Crippen molar-refractivity contribution in [1.82, 2.24) is 20.3 Å². The van der Waals surface area contributed by atoms with E-state index in [9.17, 15) is 4.79 Å². The van der Waals surface area contributed by atoms with Crippen molar-refractivity contribution in [2.45, 2.75) is 20.3 Å². The monoisotopic (exact) mass is 427 g/mol. The fraction of sp³-hybridized carbons (Fsp3) is 0.280. The third kappa shape index (κ3) is 3.93. The molecule has 0 spiro atoms. The first kappa shape index (κ1) is 20.2. The van der Waals surface area contributed by atoms with Gasteiger partial charge in [0, 0.05) is 37.1 Å². The fourth-order valence-electron chi connectivity index (χ4n) is 4.26. The molecule has 1 aliphatic rings. The summed E-state index contributed by atoms with van der Waals surface area (Å²) in [5.74, 6) is 0.912. The van der Waals surface area contributed by atoms with Crippen LogP contribution in [0.2, 0.25) is 0 Å². The number of carbonyl (C=O) groups excluding carboxylic acids is 1. The molecule has 1 fully saturated rings. The van der Waals surface area contributed by atoms with Crippen LogP contribution in [-0.2, 0) is 11.2 Å². The van der Waals surface area contributed by atoms with Crippen LogP contribution in [0.3, 0.4) is 0 Å². The number of benzene rings is 2. The van der Waals surface area contributed by atoms with Crippen molar-refractivity contribution in [3.05, 3.63) is 71.4 Å². The number of amides is 1. The largest absolute Gasteiger partial charge is 0.356 e. The SMILES string of the molecule is Cc1cc(C)c2onc(CC(=O)N3CCN(c4ccc(-c5ccccc5)nn4)CC3)c2c1. The number of fused-ring (bicyclic) bond motifs is 1. The van der Waals surface area contributed by atoms with Gasteiger partial charge < -0.3 is 14.3 Å². The van der Waals surface area contributed by atoms with Crippen molar-refractivity contribution >= 4 is 22.7 Å². The zero-order valence-electron chi connectivity index (χ0n) is 18.3.